The van der Waals surface area contributed by atoms with Crippen LogP contribution in [-0.2, 0) is 17.8 Å². The second-order valence-electron chi connectivity index (χ2n) is 10.6. The molecule has 0 bridgehead atoms. The third kappa shape index (κ3) is 4.31. The molecule has 3 nitrogen and oxygen atoms in total. The molecular weight excluding hydrogens is 418 g/mol. The number of Topliss-reactive ketones (excluding diaryl/α,β-unsaturated/α-hetero) is 1. The first-order chi connectivity index (χ1) is 16.6. The van der Waals surface area contributed by atoms with E-state index in [1.807, 2.05) is 18.2 Å². The molecule has 0 saturated heterocycles. The summed E-state index contributed by atoms with van der Waals surface area (Å²) in [5, 5.41) is 8.83. The first-order valence-corrected chi connectivity index (χ1v) is 13.0. The molecule has 0 aliphatic heterocycles. The standard InChI is InChI=1S/C31H35NO2/c1-31-17-16-25-26(28(31)14-15-30(31)33)13-12-23-20-29(34-21-22-9-5-4-6-10-22)24(19-27(23)25)11-7-2-3-8-18-32/h4-7,9-11,19-20,25-26,28H,2-3,8,12-17,21H2,1H3/b11-7+/t25-,26+,28-,31-/m1/s1. The van der Waals surface area contributed by atoms with Gasteiger partial charge in [-0.15, -0.1) is 0 Å². The van der Waals surface area contributed by atoms with Crippen LogP contribution in [0.2, 0.25) is 0 Å². The summed E-state index contributed by atoms with van der Waals surface area (Å²) in [5.41, 5.74) is 5.14. The van der Waals surface area contributed by atoms with Crippen molar-refractivity contribution in [3.63, 3.8) is 0 Å². The average molecular weight is 454 g/mol. The molecule has 176 valence electrons. The second-order valence-corrected chi connectivity index (χ2v) is 10.6. The van der Waals surface area contributed by atoms with Gasteiger partial charge in [-0.3, -0.25) is 4.79 Å². The minimum atomic E-state index is -0.0825. The lowest BCUT2D eigenvalue weighted by molar-refractivity contribution is -0.129. The smallest absolute Gasteiger partial charge is 0.139 e. The number of ketones is 1. The predicted molar refractivity (Wildman–Crippen MR) is 135 cm³/mol. The Hall–Kier alpha value is -2.86. The van der Waals surface area contributed by atoms with Crippen LogP contribution in [0.4, 0.5) is 0 Å². The van der Waals surface area contributed by atoms with Gasteiger partial charge < -0.3 is 4.74 Å². The van der Waals surface area contributed by atoms with Crippen molar-refractivity contribution < 1.29 is 9.53 Å². The van der Waals surface area contributed by atoms with Crippen LogP contribution < -0.4 is 4.74 Å². The first-order valence-electron chi connectivity index (χ1n) is 13.0. The summed E-state index contributed by atoms with van der Waals surface area (Å²) in [5.74, 6) is 3.19. The summed E-state index contributed by atoms with van der Waals surface area (Å²) in [6.07, 6.45) is 13.0. The molecule has 0 amide bonds. The summed E-state index contributed by atoms with van der Waals surface area (Å²) in [7, 11) is 0. The van der Waals surface area contributed by atoms with Crippen LogP contribution in [0, 0.1) is 28.6 Å². The topological polar surface area (TPSA) is 50.1 Å². The normalized spacial score (nSPS) is 27.6. The highest BCUT2D eigenvalue weighted by molar-refractivity contribution is 5.87. The maximum absolute atomic E-state index is 12.7. The monoisotopic (exact) mass is 453 g/mol. The van der Waals surface area contributed by atoms with E-state index in [1.54, 1.807) is 0 Å². The molecule has 0 spiro atoms. The zero-order valence-electron chi connectivity index (χ0n) is 20.3. The van der Waals surface area contributed by atoms with E-state index in [2.05, 4.69) is 49.4 Å². The Labute approximate surface area is 203 Å². The molecule has 3 aliphatic carbocycles. The van der Waals surface area contributed by atoms with Gasteiger partial charge in [-0.2, -0.15) is 5.26 Å². The number of nitriles is 1. The lowest BCUT2D eigenvalue weighted by Gasteiger charge is -2.48. The van der Waals surface area contributed by atoms with Crippen LogP contribution in [0.3, 0.4) is 0 Å². The van der Waals surface area contributed by atoms with E-state index < -0.39 is 0 Å². The number of benzene rings is 2. The number of hydrogen-bond acceptors (Lipinski definition) is 3. The van der Waals surface area contributed by atoms with Crippen LogP contribution in [0.5, 0.6) is 5.75 Å². The van der Waals surface area contributed by atoms with Gasteiger partial charge in [0.05, 0.1) is 6.07 Å². The van der Waals surface area contributed by atoms with Crippen molar-refractivity contribution in [1.82, 2.24) is 0 Å². The molecule has 34 heavy (non-hydrogen) atoms. The lowest BCUT2D eigenvalue weighted by atomic mass is 9.55. The number of nitrogens with zero attached hydrogens (tertiary/aromatic N) is 1. The predicted octanol–water partition coefficient (Wildman–Crippen LogP) is 7.40. The van der Waals surface area contributed by atoms with Gasteiger partial charge in [0.1, 0.15) is 18.1 Å². The molecule has 0 unspecified atom stereocenters. The molecule has 2 saturated carbocycles. The summed E-state index contributed by atoms with van der Waals surface area (Å²) < 4.78 is 6.35. The number of unbranched alkanes of at least 4 members (excludes halogenated alkanes) is 2. The van der Waals surface area contributed by atoms with Crippen molar-refractivity contribution in [3.8, 4) is 11.8 Å². The van der Waals surface area contributed by atoms with Crippen molar-refractivity contribution in [2.45, 2.75) is 77.2 Å². The third-order valence-corrected chi connectivity index (χ3v) is 8.76. The number of carbonyl (C=O) groups excluding carboxylic acids is 1. The summed E-state index contributed by atoms with van der Waals surface area (Å²) in [6, 6.07) is 17.2. The summed E-state index contributed by atoms with van der Waals surface area (Å²) in [4.78, 5) is 12.7. The van der Waals surface area contributed by atoms with Crippen molar-refractivity contribution in [2.75, 3.05) is 0 Å². The maximum atomic E-state index is 12.7. The van der Waals surface area contributed by atoms with Gasteiger partial charge in [-0.25, -0.2) is 0 Å². The molecular formula is C31H35NO2. The molecule has 2 aromatic carbocycles. The van der Waals surface area contributed by atoms with E-state index >= 15 is 0 Å². The van der Waals surface area contributed by atoms with Gasteiger partial charge >= 0.3 is 0 Å². The number of allylic oxidation sites excluding steroid dienone is 1. The Balaban J connectivity index is 1.43. The fourth-order valence-corrected chi connectivity index (χ4v) is 6.89. The van der Waals surface area contributed by atoms with Crippen molar-refractivity contribution in [2.24, 2.45) is 17.3 Å². The van der Waals surface area contributed by atoms with Crippen molar-refractivity contribution in [1.29, 1.82) is 5.26 Å². The summed E-state index contributed by atoms with van der Waals surface area (Å²) >= 11 is 0. The van der Waals surface area contributed by atoms with Gasteiger partial charge in [-0.1, -0.05) is 49.4 Å². The van der Waals surface area contributed by atoms with E-state index in [-0.39, 0.29) is 5.41 Å². The number of ether oxygens (including phenoxy) is 1. The Kier molecular flexibility index (Phi) is 6.59. The number of carbonyl (C=O) groups is 1. The number of fused-ring (bicyclic) bond motifs is 5. The number of hydrogen-bond donors (Lipinski definition) is 0. The molecule has 0 aromatic heterocycles. The van der Waals surface area contributed by atoms with Crippen molar-refractivity contribution in [3.05, 3.63) is 70.8 Å². The molecule has 4 atom stereocenters. The quantitative estimate of drug-likeness (QED) is 0.410. The van der Waals surface area contributed by atoms with Crippen LogP contribution in [0.1, 0.15) is 86.5 Å². The van der Waals surface area contributed by atoms with E-state index in [0.717, 1.165) is 56.3 Å². The zero-order valence-corrected chi connectivity index (χ0v) is 20.3. The minimum Gasteiger partial charge on any atom is -0.488 e. The highest BCUT2D eigenvalue weighted by Crippen LogP contribution is 2.59. The molecule has 0 heterocycles. The Morgan fingerprint density at radius 1 is 1.15 bits per heavy atom. The Morgan fingerprint density at radius 3 is 2.82 bits per heavy atom. The Bertz CT molecular complexity index is 1110. The molecule has 0 N–H and O–H groups in total. The van der Waals surface area contributed by atoms with Crippen LogP contribution in [-0.4, -0.2) is 5.78 Å². The highest BCUT2D eigenvalue weighted by Gasteiger charge is 2.54. The van der Waals surface area contributed by atoms with Gasteiger partial charge in [0.15, 0.2) is 0 Å². The van der Waals surface area contributed by atoms with E-state index in [4.69, 9.17) is 10.00 Å². The largest absolute Gasteiger partial charge is 0.488 e. The number of rotatable bonds is 7. The molecule has 3 heteroatoms. The summed E-state index contributed by atoms with van der Waals surface area (Å²) in [6.45, 7) is 2.80. The number of aryl methyl sites for hydroxylation is 1. The molecule has 2 fully saturated rings. The molecule has 5 rings (SSSR count). The zero-order chi connectivity index (χ0) is 23.5. The molecule has 2 aromatic rings. The SMILES string of the molecule is C[C@@]12CC[C@H]3c4cc(/C=C/CCCC#N)c(OCc5ccccc5)cc4CC[C@@H]3[C@H]1CCC2=O. The highest BCUT2D eigenvalue weighted by atomic mass is 16.5. The van der Waals surface area contributed by atoms with E-state index in [0.29, 0.717) is 36.6 Å². The van der Waals surface area contributed by atoms with Crippen LogP contribution in [0.25, 0.3) is 6.08 Å². The van der Waals surface area contributed by atoms with Gasteiger partial charge in [-0.05, 0) is 91.5 Å². The molecule has 3 aliphatic rings. The Morgan fingerprint density at radius 2 is 2.00 bits per heavy atom. The van der Waals surface area contributed by atoms with E-state index in [9.17, 15) is 4.79 Å². The van der Waals surface area contributed by atoms with Gasteiger partial charge in [0.25, 0.3) is 0 Å². The average Bonchev–Trinajstić information content (AvgIpc) is 3.17. The van der Waals surface area contributed by atoms with Crippen LogP contribution in [0.15, 0.2) is 48.5 Å². The maximum Gasteiger partial charge on any atom is 0.139 e. The minimum absolute atomic E-state index is 0.0825. The van der Waals surface area contributed by atoms with Crippen LogP contribution >= 0.6 is 0 Å². The fraction of sp³-hybridized carbons (Fsp3) is 0.484. The molecule has 0 radical (unpaired) electrons. The van der Waals surface area contributed by atoms with Crippen molar-refractivity contribution >= 4 is 11.9 Å². The lowest BCUT2D eigenvalue weighted by Crippen LogP contribution is -2.42. The van der Waals surface area contributed by atoms with E-state index in [1.165, 1.54) is 23.1 Å². The van der Waals surface area contributed by atoms with Gasteiger partial charge in [0, 0.05) is 23.8 Å². The van der Waals surface area contributed by atoms with Gasteiger partial charge in [0.2, 0.25) is 0 Å². The third-order valence-electron chi connectivity index (χ3n) is 8.76. The first kappa shape index (κ1) is 22.9. The fourth-order valence-electron chi connectivity index (χ4n) is 6.89. The second kappa shape index (κ2) is 9.79.